The molecule has 0 unspecified atom stereocenters. The second-order valence-corrected chi connectivity index (χ2v) is 4.69. The van der Waals surface area contributed by atoms with Crippen LogP contribution in [0.15, 0.2) is 28.8 Å². The number of aryl methyl sites for hydroxylation is 1. The average Bonchev–Trinajstić information content (AvgIpc) is 2.90. The normalized spacial score (nSPS) is 10.5. The van der Waals surface area contributed by atoms with Crippen molar-refractivity contribution in [3.05, 3.63) is 35.7 Å². The van der Waals surface area contributed by atoms with Gasteiger partial charge in [0.2, 0.25) is 0 Å². The summed E-state index contributed by atoms with van der Waals surface area (Å²) in [5.74, 6) is 1.02. The lowest BCUT2D eigenvalue weighted by molar-refractivity contribution is 0.0953. The van der Waals surface area contributed by atoms with Crippen LogP contribution in [0.2, 0.25) is 0 Å². The van der Waals surface area contributed by atoms with Gasteiger partial charge in [0, 0.05) is 17.7 Å². The van der Waals surface area contributed by atoms with Gasteiger partial charge in [-0.05, 0) is 37.6 Å². The lowest BCUT2D eigenvalue weighted by Crippen LogP contribution is -2.24. The molecule has 0 atom stereocenters. The summed E-state index contributed by atoms with van der Waals surface area (Å²) >= 11 is 0. The highest BCUT2D eigenvalue weighted by Crippen LogP contribution is 2.17. The van der Waals surface area contributed by atoms with Gasteiger partial charge in [0.25, 0.3) is 11.8 Å². The van der Waals surface area contributed by atoms with Gasteiger partial charge in [-0.25, -0.2) is 0 Å². The average molecular weight is 273 g/mol. The van der Waals surface area contributed by atoms with Crippen LogP contribution in [0.25, 0.3) is 11.5 Å². The van der Waals surface area contributed by atoms with Crippen molar-refractivity contribution < 1.29 is 9.32 Å². The fraction of sp³-hybridized carbons (Fsp3) is 0.400. The third kappa shape index (κ3) is 3.66. The van der Waals surface area contributed by atoms with E-state index in [1.807, 2.05) is 12.1 Å². The summed E-state index contributed by atoms with van der Waals surface area (Å²) in [4.78, 5) is 16.0. The van der Waals surface area contributed by atoms with Gasteiger partial charge < -0.3 is 9.84 Å². The minimum atomic E-state index is -0.0469. The largest absolute Gasteiger partial charge is 0.352 e. The molecule has 20 heavy (non-hydrogen) atoms. The molecule has 106 valence electrons. The van der Waals surface area contributed by atoms with E-state index >= 15 is 0 Å². The second-order valence-electron chi connectivity index (χ2n) is 4.69. The molecule has 0 saturated heterocycles. The highest BCUT2D eigenvalue weighted by Gasteiger charge is 2.08. The Bertz CT molecular complexity index is 561. The summed E-state index contributed by atoms with van der Waals surface area (Å²) in [6.45, 7) is 4.63. The van der Waals surface area contributed by atoms with Crippen molar-refractivity contribution in [2.24, 2.45) is 0 Å². The van der Waals surface area contributed by atoms with Gasteiger partial charge in [0.05, 0.1) is 0 Å². The number of hydrogen-bond acceptors (Lipinski definition) is 4. The molecular formula is C15H19N3O2. The topological polar surface area (TPSA) is 68.0 Å². The Balaban J connectivity index is 1.95. The number of aromatic nitrogens is 2. The quantitative estimate of drug-likeness (QED) is 0.822. The Hall–Kier alpha value is -2.17. The molecule has 0 spiro atoms. The van der Waals surface area contributed by atoms with Crippen molar-refractivity contribution >= 4 is 5.91 Å². The zero-order chi connectivity index (χ0) is 14.4. The van der Waals surface area contributed by atoms with E-state index in [0.29, 0.717) is 17.3 Å². The van der Waals surface area contributed by atoms with E-state index in [4.69, 9.17) is 4.52 Å². The molecular weight excluding hydrogens is 254 g/mol. The minimum absolute atomic E-state index is 0.0469. The van der Waals surface area contributed by atoms with Gasteiger partial charge >= 0.3 is 0 Å². The third-order valence-corrected chi connectivity index (χ3v) is 2.99. The van der Waals surface area contributed by atoms with E-state index < -0.39 is 0 Å². The van der Waals surface area contributed by atoms with Crippen molar-refractivity contribution in [2.75, 3.05) is 6.54 Å². The highest BCUT2D eigenvalue weighted by atomic mass is 16.5. The molecule has 5 nitrogen and oxygen atoms in total. The van der Waals surface area contributed by atoms with Crippen LogP contribution in [0.1, 0.15) is 42.4 Å². The Kier molecular flexibility index (Phi) is 4.87. The predicted molar refractivity (Wildman–Crippen MR) is 76.3 cm³/mol. The lowest BCUT2D eigenvalue weighted by Gasteiger charge is -2.04. The number of nitrogens with one attached hydrogen (secondary N) is 1. The van der Waals surface area contributed by atoms with E-state index in [1.54, 1.807) is 19.1 Å². The van der Waals surface area contributed by atoms with Crippen LogP contribution < -0.4 is 5.32 Å². The Morgan fingerprint density at radius 3 is 2.60 bits per heavy atom. The molecule has 0 aliphatic rings. The van der Waals surface area contributed by atoms with Gasteiger partial charge in [0.15, 0.2) is 5.82 Å². The molecule has 0 radical (unpaired) electrons. The molecule has 0 saturated carbocycles. The van der Waals surface area contributed by atoms with Crippen molar-refractivity contribution in [1.29, 1.82) is 0 Å². The number of amides is 1. The smallest absolute Gasteiger partial charge is 0.257 e. The zero-order valence-corrected chi connectivity index (χ0v) is 11.8. The summed E-state index contributed by atoms with van der Waals surface area (Å²) in [5, 5.41) is 6.65. The highest BCUT2D eigenvalue weighted by molar-refractivity contribution is 5.94. The van der Waals surface area contributed by atoms with Crippen LogP contribution in [0, 0.1) is 6.92 Å². The molecule has 1 aromatic heterocycles. The molecule has 0 bridgehead atoms. The molecule has 0 aliphatic heterocycles. The SMILES string of the molecule is CCCCCNC(=O)c1ccc(-c2nc(C)no2)cc1. The van der Waals surface area contributed by atoms with E-state index in [0.717, 1.165) is 31.4 Å². The van der Waals surface area contributed by atoms with Crippen LogP contribution in [-0.2, 0) is 0 Å². The number of carbonyl (C=O) groups is 1. The molecule has 1 amide bonds. The maximum atomic E-state index is 11.9. The first-order valence-electron chi connectivity index (χ1n) is 6.89. The summed E-state index contributed by atoms with van der Waals surface area (Å²) in [6.07, 6.45) is 3.30. The molecule has 2 rings (SSSR count). The van der Waals surface area contributed by atoms with Crippen molar-refractivity contribution in [3.63, 3.8) is 0 Å². The Morgan fingerprint density at radius 1 is 1.25 bits per heavy atom. The van der Waals surface area contributed by atoms with Crippen LogP contribution in [0.4, 0.5) is 0 Å². The van der Waals surface area contributed by atoms with Crippen LogP contribution in [0.5, 0.6) is 0 Å². The van der Waals surface area contributed by atoms with Gasteiger partial charge in [0.1, 0.15) is 0 Å². The molecule has 5 heteroatoms. The Labute approximate surface area is 118 Å². The van der Waals surface area contributed by atoms with Crippen LogP contribution >= 0.6 is 0 Å². The second kappa shape index (κ2) is 6.84. The number of hydrogen-bond donors (Lipinski definition) is 1. The molecule has 0 fully saturated rings. The van der Waals surface area contributed by atoms with Crippen LogP contribution in [0.3, 0.4) is 0 Å². The Morgan fingerprint density at radius 2 is 2.00 bits per heavy atom. The van der Waals surface area contributed by atoms with Crippen molar-refractivity contribution in [1.82, 2.24) is 15.5 Å². The first-order chi connectivity index (χ1) is 9.70. The number of benzene rings is 1. The van der Waals surface area contributed by atoms with E-state index in [1.165, 1.54) is 0 Å². The van der Waals surface area contributed by atoms with Gasteiger partial charge in [-0.3, -0.25) is 4.79 Å². The van der Waals surface area contributed by atoms with E-state index in [-0.39, 0.29) is 5.91 Å². The summed E-state index contributed by atoms with van der Waals surface area (Å²) in [5.41, 5.74) is 1.45. The first-order valence-corrected chi connectivity index (χ1v) is 6.89. The van der Waals surface area contributed by atoms with E-state index in [2.05, 4.69) is 22.4 Å². The zero-order valence-electron chi connectivity index (χ0n) is 11.8. The fourth-order valence-electron chi connectivity index (χ4n) is 1.86. The monoisotopic (exact) mass is 273 g/mol. The first kappa shape index (κ1) is 14.2. The standard InChI is InChI=1S/C15H19N3O2/c1-3-4-5-10-16-14(19)12-6-8-13(9-7-12)15-17-11(2)18-20-15/h6-9H,3-5,10H2,1-2H3,(H,16,19). The molecule has 0 aliphatic carbocycles. The fourth-order valence-corrected chi connectivity index (χ4v) is 1.86. The maximum absolute atomic E-state index is 11.9. The summed E-state index contributed by atoms with van der Waals surface area (Å²) in [7, 11) is 0. The summed E-state index contributed by atoms with van der Waals surface area (Å²) in [6, 6.07) is 7.16. The minimum Gasteiger partial charge on any atom is -0.352 e. The molecule has 1 N–H and O–H groups in total. The van der Waals surface area contributed by atoms with Crippen LogP contribution in [-0.4, -0.2) is 22.6 Å². The molecule has 1 aromatic carbocycles. The number of nitrogens with zero attached hydrogens (tertiary/aromatic N) is 2. The van der Waals surface area contributed by atoms with Gasteiger partial charge in [-0.1, -0.05) is 24.9 Å². The summed E-state index contributed by atoms with van der Waals surface area (Å²) < 4.78 is 5.08. The van der Waals surface area contributed by atoms with Crippen molar-refractivity contribution in [3.8, 4) is 11.5 Å². The predicted octanol–water partition coefficient (Wildman–Crippen LogP) is 2.97. The van der Waals surface area contributed by atoms with Gasteiger partial charge in [-0.15, -0.1) is 0 Å². The lowest BCUT2D eigenvalue weighted by atomic mass is 10.1. The maximum Gasteiger partial charge on any atom is 0.257 e. The molecule has 1 heterocycles. The number of unbranched alkanes of at least 4 members (excludes halogenated alkanes) is 2. The number of rotatable bonds is 6. The van der Waals surface area contributed by atoms with Gasteiger partial charge in [-0.2, -0.15) is 4.98 Å². The molecule has 2 aromatic rings. The third-order valence-electron chi connectivity index (χ3n) is 2.99. The van der Waals surface area contributed by atoms with Crippen molar-refractivity contribution in [2.45, 2.75) is 33.1 Å². The van der Waals surface area contributed by atoms with E-state index in [9.17, 15) is 4.79 Å². The number of carbonyl (C=O) groups excluding carboxylic acids is 1.